The first-order valence-corrected chi connectivity index (χ1v) is 7.36. The first-order valence-electron chi connectivity index (χ1n) is 7.36. The average Bonchev–Trinajstić information content (AvgIpc) is 2.45. The molecule has 1 aromatic rings. The number of nitrogens with one attached hydrogen (secondary N) is 2. The summed E-state index contributed by atoms with van der Waals surface area (Å²) in [5, 5.41) is 6.33. The van der Waals surface area contributed by atoms with Gasteiger partial charge in [0.05, 0.1) is 5.92 Å². The molecule has 1 aromatic carbocycles. The minimum Gasteiger partial charge on any atom is -0.352 e. The zero-order valence-corrected chi connectivity index (χ0v) is 14.9. The van der Waals surface area contributed by atoms with E-state index in [4.69, 9.17) is 0 Å². The van der Waals surface area contributed by atoms with Gasteiger partial charge in [-0.05, 0) is 44.6 Å². The Bertz CT molecular complexity index is 449. The summed E-state index contributed by atoms with van der Waals surface area (Å²) in [6.45, 7) is 3.40. The zero-order valence-electron chi connectivity index (χ0n) is 13.3. The quantitative estimate of drug-likeness (QED) is 0.858. The maximum atomic E-state index is 12.1. The van der Waals surface area contributed by atoms with Crippen molar-refractivity contribution in [2.24, 2.45) is 5.92 Å². The van der Waals surface area contributed by atoms with Crippen molar-refractivity contribution in [3.05, 3.63) is 35.4 Å². The molecule has 0 bridgehead atoms. The predicted octanol–water partition coefficient (Wildman–Crippen LogP) is 2.21. The van der Waals surface area contributed by atoms with Crippen LogP contribution in [0.15, 0.2) is 24.3 Å². The number of benzene rings is 1. The molecule has 1 aliphatic heterocycles. The highest BCUT2D eigenvalue weighted by atomic mass is 35.5. The molecule has 6 heteroatoms. The lowest BCUT2D eigenvalue weighted by atomic mass is 9.99. The van der Waals surface area contributed by atoms with Crippen LogP contribution in [-0.2, 0) is 17.9 Å². The molecule has 0 saturated carbocycles. The van der Waals surface area contributed by atoms with E-state index in [2.05, 4.69) is 53.9 Å². The fourth-order valence-corrected chi connectivity index (χ4v) is 2.61. The van der Waals surface area contributed by atoms with Crippen molar-refractivity contribution < 1.29 is 4.79 Å². The van der Waals surface area contributed by atoms with E-state index in [0.717, 1.165) is 32.5 Å². The minimum atomic E-state index is 0. The lowest BCUT2D eigenvalue weighted by Crippen LogP contribution is -2.40. The molecular formula is C16H27Cl2N3O. The molecule has 22 heavy (non-hydrogen) atoms. The highest BCUT2D eigenvalue weighted by molar-refractivity contribution is 5.85. The van der Waals surface area contributed by atoms with E-state index in [0.29, 0.717) is 6.54 Å². The second-order valence-electron chi connectivity index (χ2n) is 5.82. The molecule has 1 fully saturated rings. The SMILES string of the molecule is CN(C)Cc1cccc(CNC(=O)C2CCCNC2)c1.Cl.Cl. The van der Waals surface area contributed by atoms with Gasteiger partial charge in [0, 0.05) is 19.6 Å². The molecule has 2 rings (SSSR count). The molecule has 1 heterocycles. The lowest BCUT2D eigenvalue weighted by Gasteiger charge is -2.22. The number of hydrogen-bond acceptors (Lipinski definition) is 3. The number of amides is 1. The van der Waals surface area contributed by atoms with E-state index in [1.165, 1.54) is 11.1 Å². The van der Waals surface area contributed by atoms with Crippen LogP contribution in [0.3, 0.4) is 0 Å². The Kier molecular flexibility index (Phi) is 10.4. The maximum absolute atomic E-state index is 12.1. The van der Waals surface area contributed by atoms with E-state index in [9.17, 15) is 4.79 Å². The van der Waals surface area contributed by atoms with E-state index in [1.54, 1.807) is 0 Å². The summed E-state index contributed by atoms with van der Waals surface area (Å²) in [5.41, 5.74) is 2.45. The van der Waals surface area contributed by atoms with Crippen LogP contribution in [0.4, 0.5) is 0 Å². The zero-order chi connectivity index (χ0) is 14.4. The van der Waals surface area contributed by atoms with Gasteiger partial charge in [-0.25, -0.2) is 0 Å². The van der Waals surface area contributed by atoms with Crippen molar-refractivity contribution in [3.63, 3.8) is 0 Å². The van der Waals surface area contributed by atoms with Crippen LogP contribution in [0.1, 0.15) is 24.0 Å². The second-order valence-corrected chi connectivity index (χ2v) is 5.82. The summed E-state index contributed by atoms with van der Waals surface area (Å²) >= 11 is 0. The highest BCUT2D eigenvalue weighted by Gasteiger charge is 2.20. The first kappa shape index (κ1) is 21.2. The van der Waals surface area contributed by atoms with Gasteiger partial charge in [-0.2, -0.15) is 0 Å². The van der Waals surface area contributed by atoms with Crippen molar-refractivity contribution in [2.45, 2.75) is 25.9 Å². The number of nitrogens with zero attached hydrogens (tertiary/aromatic N) is 1. The molecule has 0 spiro atoms. The number of piperidine rings is 1. The lowest BCUT2D eigenvalue weighted by molar-refractivity contribution is -0.125. The van der Waals surface area contributed by atoms with Gasteiger partial charge >= 0.3 is 0 Å². The standard InChI is InChI=1S/C16H25N3O.2ClH/c1-19(2)12-14-6-3-5-13(9-14)10-18-16(20)15-7-4-8-17-11-15;;/h3,5-6,9,15,17H,4,7-8,10-12H2,1-2H3,(H,18,20);2*1H. The molecule has 1 saturated heterocycles. The van der Waals surface area contributed by atoms with E-state index < -0.39 is 0 Å². The average molecular weight is 348 g/mol. The van der Waals surface area contributed by atoms with E-state index >= 15 is 0 Å². The number of halogens is 2. The molecule has 0 radical (unpaired) electrons. The fraction of sp³-hybridized carbons (Fsp3) is 0.562. The van der Waals surface area contributed by atoms with Gasteiger partial charge in [0.25, 0.3) is 0 Å². The summed E-state index contributed by atoms with van der Waals surface area (Å²) in [6.07, 6.45) is 2.09. The number of carbonyl (C=O) groups is 1. The molecule has 1 amide bonds. The molecule has 1 aliphatic rings. The van der Waals surface area contributed by atoms with Crippen LogP contribution in [0.2, 0.25) is 0 Å². The molecule has 1 unspecified atom stereocenters. The second kappa shape index (κ2) is 10.8. The third-order valence-electron chi connectivity index (χ3n) is 3.62. The van der Waals surface area contributed by atoms with Gasteiger partial charge in [0.15, 0.2) is 0 Å². The molecule has 0 aromatic heterocycles. The molecule has 2 N–H and O–H groups in total. The summed E-state index contributed by atoms with van der Waals surface area (Å²) in [5.74, 6) is 0.309. The minimum absolute atomic E-state index is 0. The smallest absolute Gasteiger partial charge is 0.224 e. The third kappa shape index (κ3) is 6.97. The van der Waals surface area contributed by atoms with Crippen LogP contribution in [-0.4, -0.2) is 38.0 Å². The van der Waals surface area contributed by atoms with Gasteiger partial charge in [-0.3, -0.25) is 4.79 Å². The van der Waals surface area contributed by atoms with Crippen molar-refractivity contribution in [2.75, 3.05) is 27.2 Å². The summed E-state index contributed by atoms with van der Waals surface area (Å²) in [4.78, 5) is 14.2. The van der Waals surface area contributed by atoms with Gasteiger partial charge in [-0.15, -0.1) is 24.8 Å². The maximum Gasteiger partial charge on any atom is 0.224 e. The first-order chi connectivity index (χ1) is 9.65. The molecule has 0 aliphatic carbocycles. The molecular weight excluding hydrogens is 321 g/mol. The molecule has 1 atom stereocenters. The normalized spacial score (nSPS) is 17.3. The van der Waals surface area contributed by atoms with Crippen molar-refractivity contribution >= 4 is 30.7 Å². The van der Waals surface area contributed by atoms with Crippen LogP contribution in [0.25, 0.3) is 0 Å². The largest absolute Gasteiger partial charge is 0.352 e. The summed E-state index contributed by atoms with van der Waals surface area (Å²) < 4.78 is 0. The van der Waals surface area contributed by atoms with Crippen LogP contribution in [0, 0.1) is 5.92 Å². The van der Waals surface area contributed by atoms with Crippen LogP contribution >= 0.6 is 24.8 Å². The fourth-order valence-electron chi connectivity index (χ4n) is 2.61. The van der Waals surface area contributed by atoms with E-state index in [-0.39, 0.29) is 36.6 Å². The van der Waals surface area contributed by atoms with Crippen molar-refractivity contribution in [3.8, 4) is 0 Å². The van der Waals surface area contributed by atoms with Crippen LogP contribution < -0.4 is 10.6 Å². The monoisotopic (exact) mass is 347 g/mol. The molecule has 126 valence electrons. The Balaban J connectivity index is 0.00000220. The van der Waals surface area contributed by atoms with Gasteiger partial charge in [0.2, 0.25) is 5.91 Å². The summed E-state index contributed by atoms with van der Waals surface area (Å²) in [7, 11) is 4.12. The molecule has 4 nitrogen and oxygen atoms in total. The van der Waals surface area contributed by atoms with E-state index in [1.807, 2.05) is 0 Å². The Morgan fingerprint density at radius 1 is 1.32 bits per heavy atom. The van der Waals surface area contributed by atoms with Gasteiger partial charge in [0.1, 0.15) is 0 Å². The van der Waals surface area contributed by atoms with Gasteiger partial charge in [-0.1, -0.05) is 24.3 Å². The third-order valence-corrected chi connectivity index (χ3v) is 3.62. The number of rotatable bonds is 5. The van der Waals surface area contributed by atoms with Crippen molar-refractivity contribution in [1.82, 2.24) is 15.5 Å². The van der Waals surface area contributed by atoms with Crippen LogP contribution in [0.5, 0.6) is 0 Å². The summed E-state index contributed by atoms with van der Waals surface area (Å²) in [6, 6.07) is 8.41. The Labute approximate surface area is 145 Å². The number of hydrogen-bond donors (Lipinski definition) is 2. The topological polar surface area (TPSA) is 44.4 Å². The Hall–Kier alpha value is -0.810. The van der Waals surface area contributed by atoms with Gasteiger partial charge < -0.3 is 15.5 Å². The number of carbonyl (C=O) groups excluding carboxylic acids is 1. The highest BCUT2D eigenvalue weighted by Crippen LogP contribution is 2.11. The Morgan fingerprint density at radius 3 is 2.68 bits per heavy atom. The van der Waals surface area contributed by atoms with Crippen molar-refractivity contribution in [1.29, 1.82) is 0 Å². The predicted molar refractivity (Wildman–Crippen MR) is 95.8 cm³/mol. The Morgan fingerprint density at radius 2 is 2.05 bits per heavy atom.